The molecule has 0 amide bonds. The average Bonchev–Trinajstić information content (AvgIpc) is 2.97. The minimum Gasteiger partial charge on any atom is -0.306 e. The lowest BCUT2D eigenvalue weighted by Crippen LogP contribution is -2.35. The zero-order chi connectivity index (χ0) is 14.9. The first-order valence-electron chi connectivity index (χ1n) is 7.02. The van der Waals surface area contributed by atoms with E-state index in [-0.39, 0.29) is 5.54 Å². The number of rotatable bonds is 3. The Bertz CT molecular complexity index is 741. The molecule has 0 unspecified atom stereocenters. The Balaban J connectivity index is 2.07. The van der Waals surface area contributed by atoms with Gasteiger partial charge >= 0.3 is 0 Å². The highest BCUT2D eigenvalue weighted by molar-refractivity contribution is 5.88. The van der Waals surface area contributed by atoms with E-state index in [2.05, 4.69) is 54.4 Å². The van der Waals surface area contributed by atoms with Crippen molar-refractivity contribution in [2.24, 2.45) is 0 Å². The van der Waals surface area contributed by atoms with E-state index in [9.17, 15) is 0 Å². The van der Waals surface area contributed by atoms with Crippen LogP contribution in [-0.4, -0.2) is 25.3 Å². The van der Waals surface area contributed by atoms with Crippen LogP contribution in [0.3, 0.4) is 0 Å². The molecule has 5 nitrogen and oxygen atoms in total. The first kappa shape index (κ1) is 13.7. The third-order valence-corrected chi connectivity index (χ3v) is 3.21. The van der Waals surface area contributed by atoms with E-state index in [0.29, 0.717) is 0 Å². The topological polar surface area (TPSA) is 55.6 Å². The van der Waals surface area contributed by atoms with E-state index in [1.165, 1.54) is 6.33 Å². The summed E-state index contributed by atoms with van der Waals surface area (Å²) in [5.74, 6) is 0.816. The molecule has 0 radical (unpaired) electrons. The Kier molecular flexibility index (Phi) is 3.43. The second-order valence-corrected chi connectivity index (χ2v) is 6.10. The van der Waals surface area contributed by atoms with Crippen LogP contribution in [0.1, 0.15) is 26.5 Å². The number of pyridine rings is 1. The number of hydrogen-bond acceptors (Lipinski definition) is 4. The molecule has 1 N–H and O–H groups in total. The normalized spacial score (nSPS) is 12.0. The molecular formula is C16H19N5. The van der Waals surface area contributed by atoms with Gasteiger partial charge in [-0.15, -0.1) is 0 Å². The lowest BCUT2D eigenvalue weighted by molar-refractivity contribution is 0.421. The smallest absolute Gasteiger partial charge is 0.163 e. The van der Waals surface area contributed by atoms with Gasteiger partial charge in [-0.3, -0.25) is 0 Å². The van der Waals surface area contributed by atoms with E-state index in [0.717, 1.165) is 28.8 Å². The number of nitrogens with one attached hydrogen (secondary N) is 1. The monoisotopic (exact) mass is 281 g/mol. The number of hydrogen-bond donors (Lipinski definition) is 1. The van der Waals surface area contributed by atoms with Crippen molar-refractivity contribution in [3.63, 3.8) is 0 Å². The summed E-state index contributed by atoms with van der Waals surface area (Å²) in [6.07, 6.45) is 3.20. The summed E-state index contributed by atoms with van der Waals surface area (Å²) in [4.78, 5) is 8.76. The van der Waals surface area contributed by atoms with Crippen LogP contribution < -0.4 is 5.32 Å². The van der Waals surface area contributed by atoms with Crippen molar-refractivity contribution in [3.8, 4) is 5.82 Å². The molecular weight excluding hydrogens is 262 g/mol. The molecule has 0 atom stereocenters. The van der Waals surface area contributed by atoms with Crippen LogP contribution in [0.2, 0.25) is 0 Å². The molecule has 3 rings (SSSR count). The molecule has 0 spiro atoms. The summed E-state index contributed by atoms with van der Waals surface area (Å²) in [7, 11) is 0. The predicted molar refractivity (Wildman–Crippen MR) is 83.3 cm³/mol. The zero-order valence-electron chi connectivity index (χ0n) is 12.5. The van der Waals surface area contributed by atoms with Crippen LogP contribution >= 0.6 is 0 Å². The Morgan fingerprint density at radius 1 is 1.19 bits per heavy atom. The molecule has 0 aliphatic carbocycles. The SMILES string of the molecule is CC(C)(C)NCc1cc2ccccc2c(-n2cncn2)n1. The minimum absolute atomic E-state index is 0.0563. The van der Waals surface area contributed by atoms with E-state index in [1.54, 1.807) is 11.0 Å². The predicted octanol–water partition coefficient (Wildman–Crippen LogP) is 2.70. The van der Waals surface area contributed by atoms with Crippen molar-refractivity contribution < 1.29 is 0 Å². The van der Waals surface area contributed by atoms with Gasteiger partial charge in [0.1, 0.15) is 12.7 Å². The van der Waals surface area contributed by atoms with Gasteiger partial charge < -0.3 is 5.32 Å². The summed E-state index contributed by atoms with van der Waals surface area (Å²) in [6.45, 7) is 7.15. The number of fused-ring (bicyclic) bond motifs is 1. The molecule has 0 aliphatic heterocycles. The molecule has 2 heterocycles. The third kappa shape index (κ3) is 3.08. The summed E-state index contributed by atoms with van der Waals surface area (Å²) in [5, 5.41) is 9.90. The summed E-state index contributed by atoms with van der Waals surface area (Å²) in [6, 6.07) is 10.3. The average molecular weight is 281 g/mol. The molecule has 0 saturated carbocycles. The molecule has 2 aromatic heterocycles. The van der Waals surface area contributed by atoms with Crippen LogP contribution in [0, 0.1) is 0 Å². The fourth-order valence-electron chi connectivity index (χ4n) is 2.17. The van der Waals surface area contributed by atoms with Crippen LogP contribution in [0.15, 0.2) is 43.0 Å². The summed E-state index contributed by atoms with van der Waals surface area (Å²) >= 11 is 0. The van der Waals surface area contributed by atoms with Crippen LogP contribution in [0.5, 0.6) is 0 Å². The second-order valence-electron chi connectivity index (χ2n) is 6.10. The molecule has 108 valence electrons. The maximum absolute atomic E-state index is 4.74. The Morgan fingerprint density at radius 2 is 2.00 bits per heavy atom. The van der Waals surface area contributed by atoms with Crippen molar-refractivity contribution >= 4 is 10.8 Å². The van der Waals surface area contributed by atoms with Crippen molar-refractivity contribution in [1.82, 2.24) is 25.1 Å². The highest BCUT2D eigenvalue weighted by atomic mass is 15.3. The van der Waals surface area contributed by atoms with E-state index in [4.69, 9.17) is 4.98 Å². The van der Waals surface area contributed by atoms with Gasteiger partial charge in [0.25, 0.3) is 0 Å². The van der Waals surface area contributed by atoms with E-state index in [1.807, 2.05) is 12.1 Å². The van der Waals surface area contributed by atoms with Crippen LogP contribution in [-0.2, 0) is 6.54 Å². The van der Waals surface area contributed by atoms with Gasteiger partial charge in [-0.1, -0.05) is 24.3 Å². The molecule has 1 aromatic carbocycles. The first-order valence-corrected chi connectivity index (χ1v) is 7.02. The molecule has 3 aromatic rings. The van der Waals surface area contributed by atoms with Gasteiger partial charge in [0.15, 0.2) is 5.82 Å². The van der Waals surface area contributed by atoms with E-state index < -0.39 is 0 Å². The zero-order valence-corrected chi connectivity index (χ0v) is 12.5. The maximum Gasteiger partial charge on any atom is 0.163 e. The number of benzene rings is 1. The van der Waals surface area contributed by atoms with Crippen molar-refractivity contribution in [1.29, 1.82) is 0 Å². The fraction of sp³-hybridized carbons (Fsp3) is 0.312. The lowest BCUT2D eigenvalue weighted by Gasteiger charge is -2.20. The van der Waals surface area contributed by atoms with Crippen LogP contribution in [0.4, 0.5) is 0 Å². The van der Waals surface area contributed by atoms with E-state index >= 15 is 0 Å². The molecule has 0 aliphatic rings. The lowest BCUT2D eigenvalue weighted by atomic mass is 10.1. The largest absolute Gasteiger partial charge is 0.306 e. The quantitative estimate of drug-likeness (QED) is 0.802. The van der Waals surface area contributed by atoms with Gasteiger partial charge in [0.2, 0.25) is 0 Å². The maximum atomic E-state index is 4.74. The number of aromatic nitrogens is 4. The summed E-state index contributed by atoms with van der Waals surface area (Å²) in [5.41, 5.74) is 1.05. The first-order chi connectivity index (χ1) is 10.0. The molecule has 0 bridgehead atoms. The highest BCUT2D eigenvalue weighted by Gasteiger charge is 2.12. The highest BCUT2D eigenvalue weighted by Crippen LogP contribution is 2.21. The van der Waals surface area contributed by atoms with Gasteiger partial charge in [0.05, 0.1) is 5.69 Å². The molecule has 0 fully saturated rings. The standard InChI is InChI=1S/C16H19N5/c1-16(2,3)18-9-13-8-12-6-4-5-7-14(12)15(20-13)21-11-17-10-19-21/h4-8,10-11,18H,9H2,1-3H3. The van der Waals surface area contributed by atoms with Crippen LogP contribution in [0.25, 0.3) is 16.6 Å². The fourth-order valence-corrected chi connectivity index (χ4v) is 2.17. The van der Waals surface area contributed by atoms with Gasteiger partial charge in [0, 0.05) is 17.5 Å². The minimum atomic E-state index is 0.0563. The molecule has 21 heavy (non-hydrogen) atoms. The Morgan fingerprint density at radius 3 is 2.71 bits per heavy atom. The summed E-state index contributed by atoms with van der Waals surface area (Å²) < 4.78 is 1.71. The molecule has 5 heteroatoms. The Hall–Kier alpha value is -2.27. The Labute approximate surface area is 124 Å². The van der Waals surface area contributed by atoms with Gasteiger partial charge in [-0.2, -0.15) is 5.10 Å². The van der Waals surface area contributed by atoms with Gasteiger partial charge in [-0.05, 0) is 32.2 Å². The molecule has 0 saturated heterocycles. The van der Waals surface area contributed by atoms with Crippen molar-refractivity contribution in [2.45, 2.75) is 32.9 Å². The van der Waals surface area contributed by atoms with Gasteiger partial charge in [-0.25, -0.2) is 14.6 Å². The third-order valence-electron chi connectivity index (χ3n) is 3.21. The number of nitrogens with zero attached hydrogens (tertiary/aromatic N) is 4. The second kappa shape index (κ2) is 5.26. The van der Waals surface area contributed by atoms with Crippen molar-refractivity contribution in [2.75, 3.05) is 0 Å². The van der Waals surface area contributed by atoms with Crippen molar-refractivity contribution in [3.05, 3.63) is 48.7 Å².